The number of hydrogen-bond acceptors (Lipinski definition) is 12. The first-order chi connectivity index (χ1) is 14.4. The standard InChI is InChI=1S/3C6H10O4/c3*7-3-1-9-6-4(8)2-10-5(3)6/h3*3-8H,1-2H2/t3*3-,4+,5-,6-/m111/s1. The largest absolute Gasteiger partial charge is 0.388 e. The molecule has 0 spiro atoms. The quantitative estimate of drug-likeness (QED) is 0.214. The summed E-state index contributed by atoms with van der Waals surface area (Å²) in [6.07, 6.45) is -5.10. The maximum Gasteiger partial charge on any atom is 0.114 e. The number of fused-ring (bicyclic) bond motifs is 3. The number of hydrogen-bond donors (Lipinski definition) is 6. The van der Waals surface area contributed by atoms with Gasteiger partial charge in [0, 0.05) is 0 Å². The first-order valence-electron chi connectivity index (χ1n) is 10.1. The Balaban J connectivity index is 0.000000109. The van der Waals surface area contributed by atoms with Gasteiger partial charge in [-0.25, -0.2) is 0 Å². The van der Waals surface area contributed by atoms with Crippen molar-refractivity contribution in [3.8, 4) is 0 Å². The van der Waals surface area contributed by atoms with Gasteiger partial charge in [0.2, 0.25) is 0 Å². The van der Waals surface area contributed by atoms with Crippen LogP contribution in [-0.4, -0.2) is 144 Å². The molecule has 12 heteroatoms. The van der Waals surface area contributed by atoms with Crippen molar-refractivity contribution in [1.82, 2.24) is 0 Å². The van der Waals surface area contributed by atoms with Gasteiger partial charge in [0.1, 0.15) is 73.2 Å². The van der Waals surface area contributed by atoms with Crippen molar-refractivity contribution < 1.29 is 59.1 Å². The summed E-state index contributed by atoms with van der Waals surface area (Å²) in [6, 6.07) is 0. The molecule has 6 N–H and O–H groups in total. The lowest BCUT2D eigenvalue weighted by Gasteiger charge is -2.09. The van der Waals surface area contributed by atoms with Crippen LogP contribution in [0.3, 0.4) is 0 Å². The predicted octanol–water partition coefficient (Wildman–Crippen LogP) is -4.48. The first-order valence-corrected chi connectivity index (χ1v) is 10.1. The molecule has 0 aromatic rings. The molecule has 12 nitrogen and oxygen atoms in total. The summed E-state index contributed by atoms with van der Waals surface area (Å²) < 4.78 is 30.5. The number of aliphatic hydroxyl groups is 6. The van der Waals surface area contributed by atoms with E-state index in [9.17, 15) is 0 Å². The van der Waals surface area contributed by atoms with Crippen LogP contribution >= 0.6 is 0 Å². The third-order valence-electron chi connectivity index (χ3n) is 6.00. The van der Waals surface area contributed by atoms with E-state index in [0.29, 0.717) is 0 Å². The zero-order valence-electron chi connectivity index (χ0n) is 16.3. The topological polar surface area (TPSA) is 177 Å². The minimum absolute atomic E-state index is 0.284. The highest BCUT2D eigenvalue weighted by atomic mass is 16.6. The molecule has 0 amide bonds. The van der Waals surface area contributed by atoms with Gasteiger partial charge in [0.05, 0.1) is 39.6 Å². The molecule has 6 fully saturated rings. The molecule has 6 saturated heterocycles. The lowest BCUT2D eigenvalue weighted by atomic mass is 10.1. The lowest BCUT2D eigenvalue weighted by molar-refractivity contribution is 0.00201. The minimum Gasteiger partial charge on any atom is -0.388 e. The third-order valence-corrected chi connectivity index (χ3v) is 6.00. The Hall–Kier alpha value is -0.480. The Morgan fingerprint density at radius 1 is 0.300 bits per heavy atom. The molecule has 0 unspecified atom stereocenters. The molecule has 12 atom stereocenters. The van der Waals surface area contributed by atoms with Crippen LogP contribution < -0.4 is 0 Å². The Bertz CT molecular complexity index is 441. The van der Waals surface area contributed by atoms with E-state index in [0.717, 1.165) is 0 Å². The monoisotopic (exact) mass is 438 g/mol. The van der Waals surface area contributed by atoms with Crippen molar-refractivity contribution in [2.24, 2.45) is 0 Å². The van der Waals surface area contributed by atoms with Gasteiger partial charge in [-0.1, -0.05) is 0 Å². The van der Waals surface area contributed by atoms with Gasteiger partial charge in [0.25, 0.3) is 0 Å². The molecular weight excluding hydrogens is 408 g/mol. The van der Waals surface area contributed by atoms with E-state index < -0.39 is 36.6 Å². The first kappa shape index (κ1) is 22.7. The summed E-state index contributed by atoms with van der Waals surface area (Å²) in [5.41, 5.74) is 0. The molecule has 0 radical (unpaired) electrons. The van der Waals surface area contributed by atoms with E-state index in [1.54, 1.807) is 0 Å². The van der Waals surface area contributed by atoms with Crippen LogP contribution in [0.5, 0.6) is 0 Å². The third kappa shape index (κ3) is 4.51. The smallest absolute Gasteiger partial charge is 0.114 e. The van der Waals surface area contributed by atoms with Gasteiger partial charge in [-0.15, -0.1) is 0 Å². The number of ether oxygens (including phenoxy) is 6. The fraction of sp³-hybridized carbons (Fsp3) is 1.00. The second-order valence-corrected chi connectivity index (χ2v) is 8.19. The van der Waals surface area contributed by atoms with Crippen LogP contribution in [0.2, 0.25) is 0 Å². The Kier molecular flexibility index (Phi) is 7.24. The summed E-state index contributed by atoms with van der Waals surface area (Å²) in [4.78, 5) is 0. The average molecular weight is 438 g/mol. The van der Waals surface area contributed by atoms with Crippen LogP contribution in [-0.2, 0) is 28.4 Å². The maximum absolute atomic E-state index is 9.16. The molecule has 6 heterocycles. The van der Waals surface area contributed by atoms with Crippen molar-refractivity contribution in [3.05, 3.63) is 0 Å². The second-order valence-electron chi connectivity index (χ2n) is 8.19. The molecule has 0 aromatic heterocycles. The molecule has 0 saturated carbocycles. The molecule has 6 aliphatic heterocycles. The van der Waals surface area contributed by atoms with E-state index in [2.05, 4.69) is 0 Å². The lowest BCUT2D eigenvalue weighted by Crippen LogP contribution is -2.30. The van der Waals surface area contributed by atoms with E-state index in [4.69, 9.17) is 59.1 Å². The molecule has 6 rings (SSSR count). The normalized spacial score (nSPS) is 53.4. The summed E-state index contributed by atoms with van der Waals surface area (Å²) in [5.74, 6) is 0. The van der Waals surface area contributed by atoms with Crippen LogP contribution in [0.1, 0.15) is 0 Å². The second kappa shape index (κ2) is 9.57. The summed E-state index contributed by atoms with van der Waals surface area (Å²) in [5, 5.41) is 54.9. The average Bonchev–Trinajstić information content (AvgIpc) is 3.52. The van der Waals surface area contributed by atoms with E-state index in [-0.39, 0.29) is 76.3 Å². The van der Waals surface area contributed by atoms with Gasteiger partial charge in [-0.2, -0.15) is 0 Å². The molecule has 6 aliphatic rings. The maximum atomic E-state index is 9.16. The van der Waals surface area contributed by atoms with Crippen LogP contribution in [0.4, 0.5) is 0 Å². The minimum atomic E-state index is -0.554. The summed E-state index contributed by atoms with van der Waals surface area (Å²) >= 11 is 0. The highest BCUT2D eigenvalue weighted by molar-refractivity contribution is 4.95. The highest BCUT2D eigenvalue weighted by Crippen LogP contribution is 2.28. The molecule has 30 heavy (non-hydrogen) atoms. The van der Waals surface area contributed by atoms with E-state index in [1.165, 1.54) is 0 Å². The summed E-state index contributed by atoms with van der Waals surface area (Å²) in [6.45, 7) is 1.70. The fourth-order valence-electron chi connectivity index (χ4n) is 4.38. The Morgan fingerprint density at radius 2 is 0.433 bits per heavy atom. The van der Waals surface area contributed by atoms with Crippen LogP contribution in [0.25, 0.3) is 0 Å². The van der Waals surface area contributed by atoms with E-state index >= 15 is 0 Å². The van der Waals surface area contributed by atoms with Gasteiger partial charge in [-0.3, -0.25) is 0 Å². The molecule has 174 valence electrons. The Morgan fingerprint density at radius 3 is 0.567 bits per heavy atom. The Labute approximate surface area is 172 Å². The van der Waals surface area contributed by atoms with Gasteiger partial charge in [-0.05, 0) is 0 Å². The van der Waals surface area contributed by atoms with Gasteiger partial charge < -0.3 is 59.1 Å². The zero-order valence-corrected chi connectivity index (χ0v) is 16.3. The van der Waals surface area contributed by atoms with Crippen LogP contribution in [0, 0.1) is 0 Å². The van der Waals surface area contributed by atoms with Crippen molar-refractivity contribution in [2.75, 3.05) is 39.6 Å². The summed E-state index contributed by atoms with van der Waals surface area (Å²) in [7, 11) is 0. The van der Waals surface area contributed by atoms with Gasteiger partial charge in [0.15, 0.2) is 0 Å². The number of aliphatic hydroxyl groups excluding tert-OH is 6. The molecular formula is C18H30O12. The fourth-order valence-corrected chi connectivity index (χ4v) is 4.38. The van der Waals surface area contributed by atoms with E-state index in [1.807, 2.05) is 0 Å². The number of rotatable bonds is 0. The van der Waals surface area contributed by atoms with Gasteiger partial charge >= 0.3 is 0 Å². The van der Waals surface area contributed by atoms with Crippen LogP contribution in [0.15, 0.2) is 0 Å². The van der Waals surface area contributed by atoms with Crippen molar-refractivity contribution in [3.63, 3.8) is 0 Å². The molecule has 0 bridgehead atoms. The van der Waals surface area contributed by atoms with Crippen molar-refractivity contribution >= 4 is 0 Å². The molecule has 0 aliphatic carbocycles. The SMILES string of the molecule is O[C@@H]1CO[C@H]2[C@@H]1OC[C@@H]2O.O[C@@H]1CO[C@H]2[C@@H]1OC[C@@H]2O.O[C@@H]1CO[C@H]2[C@@H]1OC[C@@H]2O. The van der Waals surface area contributed by atoms with Crippen molar-refractivity contribution in [1.29, 1.82) is 0 Å². The zero-order chi connectivity index (χ0) is 21.4. The predicted molar refractivity (Wildman–Crippen MR) is 94.5 cm³/mol. The highest BCUT2D eigenvalue weighted by Gasteiger charge is 2.47. The molecule has 0 aromatic carbocycles. The van der Waals surface area contributed by atoms with Crippen molar-refractivity contribution in [2.45, 2.75) is 73.2 Å².